The van der Waals surface area contributed by atoms with Crippen molar-refractivity contribution in [2.24, 2.45) is 11.3 Å². The largest absolute Gasteiger partial charge is 0.406 e. The quantitative estimate of drug-likeness (QED) is 0.712. The van der Waals surface area contributed by atoms with Crippen molar-refractivity contribution in [3.05, 3.63) is 0 Å². The first kappa shape index (κ1) is 22.0. The molecule has 146 valence electrons. The Labute approximate surface area is 151 Å². The molecule has 0 aromatic heterocycles. The lowest BCUT2D eigenvalue weighted by Gasteiger charge is -2.37. The van der Waals surface area contributed by atoms with Crippen LogP contribution in [0.1, 0.15) is 19.3 Å². The van der Waals surface area contributed by atoms with Crippen molar-refractivity contribution in [3.63, 3.8) is 0 Å². The van der Waals surface area contributed by atoms with Crippen molar-refractivity contribution in [1.82, 2.24) is 15.5 Å². The van der Waals surface area contributed by atoms with E-state index in [4.69, 9.17) is 4.74 Å². The third kappa shape index (κ3) is 6.31. The van der Waals surface area contributed by atoms with E-state index in [1.165, 1.54) is 0 Å². The number of nitrogens with one attached hydrogen (secondary N) is 2. The number of rotatable bonds is 6. The van der Waals surface area contributed by atoms with E-state index in [0.717, 1.165) is 25.9 Å². The molecular formula is C15H25ClF3N3O3. The molecule has 10 heteroatoms. The smallest absolute Gasteiger partial charge is 0.384 e. The Morgan fingerprint density at radius 3 is 2.60 bits per heavy atom. The van der Waals surface area contributed by atoms with Gasteiger partial charge in [-0.25, -0.2) is 0 Å². The number of ether oxygens (including phenoxy) is 1. The van der Waals surface area contributed by atoms with Gasteiger partial charge in [-0.05, 0) is 25.9 Å². The zero-order valence-electron chi connectivity index (χ0n) is 14.2. The van der Waals surface area contributed by atoms with Gasteiger partial charge in [-0.15, -0.1) is 12.4 Å². The molecule has 0 aromatic rings. The van der Waals surface area contributed by atoms with Gasteiger partial charge in [0.05, 0.1) is 12.5 Å². The highest BCUT2D eigenvalue weighted by atomic mass is 35.5. The molecule has 6 nitrogen and oxygen atoms in total. The molecule has 2 aliphatic rings. The first-order valence-corrected chi connectivity index (χ1v) is 8.07. The molecule has 25 heavy (non-hydrogen) atoms. The monoisotopic (exact) mass is 387 g/mol. The van der Waals surface area contributed by atoms with Crippen LogP contribution in [0.2, 0.25) is 0 Å². The summed E-state index contributed by atoms with van der Waals surface area (Å²) >= 11 is 0. The van der Waals surface area contributed by atoms with Crippen molar-refractivity contribution >= 4 is 24.2 Å². The van der Waals surface area contributed by atoms with Crippen LogP contribution in [0.25, 0.3) is 0 Å². The second kappa shape index (κ2) is 9.05. The number of nitrogens with zero attached hydrogens (tertiary/aromatic N) is 1. The van der Waals surface area contributed by atoms with Gasteiger partial charge in [-0.1, -0.05) is 0 Å². The van der Waals surface area contributed by atoms with E-state index in [2.05, 4.69) is 10.6 Å². The van der Waals surface area contributed by atoms with Crippen molar-refractivity contribution in [2.75, 3.05) is 46.4 Å². The van der Waals surface area contributed by atoms with E-state index in [1.807, 2.05) is 0 Å². The molecule has 2 amide bonds. The molecule has 2 rings (SSSR count). The molecule has 2 saturated heterocycles. The molecule has 0 aliphatic carbocycles. The zero-order chi connectivity index (χ0) is 17.8. The minimum atomic E-state index is -4.45. The van der Waals surface area contributed by atoms with E-state index >= 15 is 0 Å². The first-order chi connectivity index (χ1) is 11.2. The fourth-order valence-corrected chi connectivity index (χ4v) is 3.37. The molecular weight excluding hydrogens is 363 g/mol. The maximum absolute atomic E-state index is 12.4. The standard InChI is InChI=1S/C15H24F3N3O3.ClH/c1-24-10-14(2-4-19-5-3-14)8-20-13(23)11-6-12(22)21(7-11)9-15(16,17)18;/h11,19H,2-10H2,1H3,(H,20,23);1H. The summed E-state index contributed by atoms with van der Waals surface area (Å²) < 4.78 is 42.5. The second-order valence-corrected chi connectivity index (χ2v) is 6.69. The highest BCUT2D eigenvalue weighted by molar-refractivity contribution is 5.89. The number of alkyl halides is 3. The predicted molar refractivity (Wildman–Crippen MR) is 87.4 cm³/mol. The third-order valence-corrected chi connectivity index (χ3v) is 4.71. The number of likely N-dealkylation sites (tertiary alicyclic amines) is 1. The summed E-state index contributed by atoms with van der Waals surface area (Å²) in [7, 11) is 1.61. The number of amides is 2. The minimum absolute atomic E-state index is 0. The topological polar surface area (TPSA) is 70.7 Å². The van der Waals surface area contributed by atoms with Crippen LogP contribution in [0.4, 0.5) is 13.2 Å². The summed E-state index contributed by atoms with van der Waals surface area (Å²) in [6, 6.07) is 0. The molecule has 0 radical (unpaired) electrons. The Balaban J connectivity index is 0.00000312. The third-order valence-electron chi connectivity index (χ3n) is 4.71. The van der Waals surface area contributed by atoms with Gasteiger partial charge >= 0.3 is 6.18 Å². The van der Waals surface area contributed by atoms with E-state index in [0.29, 0.717) is 18.1 Å². The fraction of sp³-hybridized carbons (Fsp3) is 0.867. The number of hydrogen-bond donors (Lipinski definition) is 2. The van der Waals surface area contributed by atoms with Crippen LogP contribution in [-0.4, -0.2) is 69.3 Å². The van der Waals surface area contributed by atoms with Crippen molar-refractivity contribution < 1.29 is 27.5 Å². The zero-order valence-corrected chi connectivity index (χ0v) is 15.0. The number of carbonyl (C=O) groups is 2. The average Bonchev–Trinajstić information content (AvgIpc) is 2.85. The summed E-state index contributed by atoms with van der Waals surface area (Å²) in [4.78, 5) is 24.6. The summed E-state index contributed by atoms with van der Waals surface area (Å²) in [5.74, 6) is -1.70. The van der Waals surface area contributed by atoms with Crippen LogP contribution in [0, 0.1) is 11.3 Å². The van der Waals surface area contributed by atoms with Crippen LogP contribution in [0.5, 0.6) is 0 Å². The summed E-state index contributed by atoms with van der Waals surface area (Å²) in [6.07, 6.45) is -2.91. The number of methoxy groups -OCH3 is 1. The van der Waals surface area contributed by atoms with Gasteiger partial charge in [0.2, 0.25) is 11.8 Å². The number of halogens is 4. The summed E-state index contributed by atoms with van der Waals surface area (Å²) in [6.45, 7) is 1.11. The Morgan fingerprint density at radius 1 is 1.40 bits per heavy atom. The summed E-state index contributed by atoms with van der Waals surface area (Å²) in [5.41, 5.74) is -0.163. The first-order valence-electron chi connectivity index (χ1n) is 8.07. The van der Waals surface area contributed by atoms with Crippen molar-refractivity contribution in [2.45, 2.75) is 25.4 Å². The van der Waals surface area contributed by atoms with Crippen molar-refractivity contribution in [1.29, 1.82) is 0 Å². The second-order valence-electron chi connectivity index (χ2n) is 6.69. The van der Waals surface area contributed by atoms with E-state index in [9.17, 15) is 22.8 Å². The molecule has 0 bridgehead atoms. The lowest BCUT2D eigenvalue weighted by Crippen LogP contribution is -2.48. The highest BCUT2D eigenvalue weighted by Crippen LogP contribution is 2.29. The fourth-order valence-electron chi connectivity index (χ4n) is 3.37. The van der Waals surface area contributed by atoms with E-state index in [1.54, 1.807) is 7.11 Å². The molecule has 2 aliphatic heterocycles. The molecule has 1 unspecified atom stereocenters. The Hall–Kier alpha value is -1.06. The Morgan fingerprint density at radius 2 is 2.04 bits per heavy atom. The highest BCUT2D eigenvalue weighted by Gasteiger charge is 2.41. The lowest BCUT2D eigenvalue weighted by molar-refractivity contribution is -0.157. The molecule has 2 heterocycles. The Bertz CT molecular complexity index is 465. The predicted octanol–water partition coefficient (Wildman–Crippen LogP) is 0.951. The van der Waals surface area contributed by atoms with E-state index in [-0.39, 0.29) is 36.7 Å². The minimum Gasteiger partial charge on any atom is -0.384 e. The molecule has 2 N–H and O–H groups in total. The van der Waals surface area contributed by atoms with Crippen LogP contribution >= 0.6 is 12.4 Å². The maximum Gasteiger partial charge on any atom is 0.406 e. The van der Waals surface area contributed by atoms with E-state index < -0.39 is 24.5 Å². The van der Waals surface area contributed by atoms with Crippen molar-refractivity contribution in [3.8, 4) is 0 Å². The number of hydrogen-bond acceptors (Lipinski definition) is 4. The normalized spacial score (nSPS) is 23.3. The van der Waals surface area contributed by atoms with Crippen LogP contribution < -0.4 is 10.6 Å². The Kier molecular flexibility index (Phi) is 7.95. The molecule has 0 spiro atoms. The molecule has 0 aromatic carbocycles. The van der Waals surface area contributed by atoms with Gasteiger partial charge in [0, 0.05) is 32.0 Å². The van der Waals surface area contributed by atoms with Gasteiger partial charge in [0.15, 0.2) is 0 Å². The maximum atomic E-state index is 12.4. The van der Waals surface area contributed by atoms with Gasteiger partial charge in [-0.3, -0.25) is 9.59 Å². The van der Waals surface area contributed by atoms with Gasteiger partial charge < -0.3 is 20.3 Å². The van der Waals surface area contributed by atoms with Crippen LogP contribution in [0.15, 0.2) is 0 Å². The number of piperidine rings is 1. The van der Waals surface area contributed by atoms with Crippen LogP contribution in [0.3, 0.4) is 0 Å². The average molecular weight is 388 g/mol. The summed E-state index contributed by atoms with van der Waals surface area (Å²) in [5, 5.41) is 6.06. The van der Waals surface area contributed by atoms with Crippen LogP contribution in [-0.2, 0) is 14.3 Å². The van der Waals surface area contributed by atoms with Gasteiger partial charge in [-0.2, -0.15) is 13.2 Å². The van der Waals surface area contributed by atoms with Gasteiger partial charge in [0.1, 0.15) is 6.54 Å². The SMILES string of the molecule is COCC1(CNC(=O)C2CC(=O)N(CC(F)(F)F)C2)CCNCC1.Cl. The molecule has 1 atom stereocenters. The molecule has 2 fully saturated rings. The lowest BCUT2D eigenvalue weighted by atomic mass is 9.79. The molecule has 0 saturated carbocycles. The van der Waals surface area contributed by atoms with Gasteiger partial charge in [0.25, 0.3) is 0 Å². The number of carbonyl (C=O) groups excluding carboxylic acids is 2.